The first kappa shape index (κ1) is 13.3. The standard InChI is InChI=1S/C14H17N3O2/c1-8(2)13-15-9(3)12-10(5-6-11(18)19)7-17(4)14(12)16-13/h5-8H,1-4H3,(H,18,19)/b6-5+. The van der Waals surface area contributed by atoms with E-state index < -0.39 is 5.97 Å². The lowest BCUT2D eigenvalue weighted by Gasteiger charge is -2.06. The van der Waals surface area contributed by atoms with Crippen LogP contribution in [0, 0.1) is 6.92 Å². The van der Waals surface area contributed by atoms with E-state index in [0.717, 1.165) is 34.2 Å². The molecular formula is C14H17N3O2. The van der Waals surface area contributed by atoms with Crippen molar-refractivity contribution < 1.29 is 9.90 Å². The van der Waals surface area contributed by atoms with Crippen LogP contribution in [0.1, 0.15) is 36.8 Å². The number of aromatic nitrogens is 3. The van der Waals surface area contributed by atoms with Crippen LogP contribution in [-0.4, -0.2) is 25.6 Å². The largest absolute Gasteiger partial charge is 0.478 e. The third-order valence-corrected chi connectivity index (χ3v) is 2.97. The molecule has 5 nitrogen and oxygen atoms in total. The van der Waals surface area contributed by atoms with Crippen LogP contribution in [0.5, 0.6) is 0 Å². The van der Waals surface area contributed by atoms with E-state index in [-0.39, 0.29) is 5.92 Å². The van der Waals surface area contributed by atoms with Crippen LogP contribution in [0.3, 0.4) is 0 Å². The third kappa shape index (κ3) is 2.50. The van der Waals surface area contributed by atoms with Gasteiger partial charge in [-0.3, -0.25) is 0 Å². The van der Waals surface area contributed by atoms with E-state index in [1.54, 1.807) is 6.08 Å². The molecule has 2 aromatic rings. The van der Waals surface area contributed by atoms with Crippen molar-refractivity contribution in [1.29, 1.82) is 0 Å². The first-order valence-corrected chi connectivity index (χ1v) is 6.14. The van der Waals surface area contributed by atoms with Crippen molar-refractivity contribution in [3.05, 3.63) is 29.4 Å². The molecule has 2 aromatic heterocycles. The zero-order chi connectivity index (χ0) is 14.2. The summed E-state index contributed by atoms with van der Waals surface area (Å²) in [6.45, 7) is 6.03. The van der Waals surface area contributed by atoms with Gasteiger partial charge in [-0.1, -0.05) is 13.8 Å². The lowest BCUT2D eigenvalue weighted by Crippen LogP contribution is -2.01. The highest BCUT2D eigenvalue weighted by Gasteiger charge is 2.13. The van der Waals surface area contributed by atoms with Crippen molar-refractivity contribution in [1.82, 2.24) is 14.5 Å². The zero-order valence-electron chi connectivity index (χ0n) is 11.5. The number of aryl methyl sites for hydroxylation is 2. The summed E-state index contributed by atoms with van der Waals surface area (Å²) >= 11 is 0. The molecular weight excluding hydrogens is 242 g/mol. The van der Waals surface area contributed by atoms with Gasteiger partial charge in [0.25, 0.3) is 0 Å². The Morgan fingerprint density at radius 1 is 1.42 bits per heavy atom. The highest BCUT2D eigenvalue weighted by molar-refractivity contribution is 5.93. The molecule has 19 heavy (non-hydrogen) atoms. The van der Waals surface area contributed by atoms with Crippen LogP contribution < -0.4 is 0 Å². The summed E-state index contributed by atoms with van der Waals surface area (Å²) in [6, 6.07) is 0. The van der Waals surface area contributed by atoms with Crippen molar-refractivity contribution >= 4 is 23.1 Å². The minimum absolute atomic E-state index is 0.260. The molecule has 0 amide bonds. The molecule has 0 saturated carbocycles. The second-order valence-electron chi connectivity index (χ2n) is 4.89. The van der Waals surface area contributed by atoms with Gasteiger partial charge >= 0.3 is 5.97 Å². The molecule has 100 valence electrons. The summed E-state index contributed by atoms with van der Waals surface area (Å²) < 4.78 is 1.90. The van der Waals surface area contributed by atoms with Crippen molar-refractivity contribution in [3.63, 3.8) is 0 Å². The Labute approximate surface area is 111 Å². The minimum atomic E-state index is -0.964. The van der Waals surface area contributed by atoms with Crippen LogP contribution in [0.25, 0.3) is 17.1 Å². The highest BCUT2D eigenvalue weighted by atomic mass is 16.4. The third-order valence-electron chi connectivity index (χ3n) is 2.97. The molecule has 0 aromatic carbocycles. The van der Waals surface area contributed by atoms with E-state index in [9.17, 15) is 4.79 Å². The molecule has 0 fully saturated rings. The molecule has 0 radical (unpaired) electrons. The number of fused-ring (bicyclic) bond motifs is 1. The van der Waals surface area contributed by atoms with E-state index in [1.807, 2.05) is 24.7 Å². The second kappa shape index (κ2) is 4.84. The Bertz CT molecular complexity index is 669. The van der Waals surface area contributed by atoms with Gasteiger partial charge in [0.1, 0.15) is 11.5 Å². The fraction of sp³-hybridized carbons (Fsp3) is 0.357. The van der Waals surface area contributed by atoms with Gasteiger partial charge in [-0.15, -0.1) is 0 Å². The van der Waals surface area contributed by atoms with Gasteiger partial charge in [0.2, 0.25) is 0 Å². The molecule has 0 bridgehead atoms. The maximum atomic E-state index is 10.6. The van der Waals surface area contributed by atoms with Gasteiger partial charge in [0.05, 0.1) is 5.69 Å². The maximum absolute atomic E-state index is 10.6. The van der Waals surface area contributed by atoms with Crippen LogP contribution in [-0.2, 0) is 11.8 Å². The van der Waals surface area contributed by atoms with Gasteiger partial charge in [-0.2, -0.15) is 0 Å². The molecule has 2 rings (SSSR count). The lowest BCUT2D eigenvalue weighted by molar-refractivity contribution is -0.131. The first-order valence-electron chi connectivity index (χ1n) is 6.14. The zero-order valence-corrected chi connectivity index (χ0v) is 11.5. The maximum Gasteiger partial charge on any atom is 0.328 e. The van der Waals surface area contributed by atoms with Crippen LogP contribution in [0.2, 0.25) is 0 Å². The summed E-state index contributed by atoms with van der Waals surface area (Å²) in [5.41, 5.74) is 2.54. The molecule has 2 heterocycles. The summed E-state index contributed by atoms with van der Waals surface area (Å²) in [6.07, 6.45) is 4.58. The number of carbonyl (C=O) groups is 1. The fourth-order valence-corrected chi connectivity index (χ4v) is 2.05. The average Bonchev–Trinajstić information content (AvgIpc) is 2.64. The summed E-state index contributed by atoms with van der Waals surface area (Å²) in [7, 11) is 1.90. The van der Waals surface area contributed by atoms with Crippen molar-refractivity contribution in [3.8, 4) is 0 Å². The van der Waals surface area contributed by atoms with Gasteiger partial charge < -0.3 is 9.67 Å². The van der Waals surface area contributed by atoms with E-state index in [0.29, 0.717) is 0 Å². The van der Waals surface area contributed by atoms with Gasteiger partial charge in [0, 0.05) is 36.2 Å². The van der Waals surface area contributed by atoms with Crippen LogP contribution in [0.4, 0.5) is 0 Å². The van der Waals surface area contributed by atoms with Gasteiger partial charge in [0.15, 0.2) is 0 Å². The molecule has 0 atom stereocenters. The topological polar surface area (TPSA) is 68.0 Å². The smallest absolute Gasteiger partial charge is 0.328 e. The predicted octanol–water partition coefficient (Wildman–Crippen LogP) is 2.50. The number of rotatable bonds is 3. The number of hydrogen-bond donors (Lipinski definition) is 1. The molecule has 0 aliphatic heterocycles. The quantitative estimate of drug-likeness (QED) is 0.860. The SMILES string of the molecule is Cc1nc(C(C)C)nc2c1c(/C=C/C(=O)O)cn2C. The van der Waals surface area contributed by atoms with E-state index in [4.69, 9.17) is 5.11 Å². The lowest BCUT2D eigenvalue weighted by atomic mass is 10.1. The second-order valence-corrected chi connectivity index (χ2v) is 4.89. The number of hydrogen-bond acceptors (Lipinski definition) is 3. The van der Waals surface area contributed by atoms with Gasteiger partial charge in [-0.05, 0) is 13.0 Å². The van der Waals surface area contributed by atoms with E-state index in [1.165, 1.54) is 0 Å². The Kier molecular flexibility index (Phi) is 3.38. The summed E-state index contributed by atoms with van der Waals surface area (Å²) in [5.74, 6) is 0.102. The van der Waals surface area contributed by atoms with E-state index >= 15 is 0 Å². The number of nitrogens with zero attached hydrogens (tertiary/aromatic N) is 3. The van der Waals surface area contributed by atoms with Crippen molar-refractivity contribution in [2.75, 3.05) is 0 Å². The predicted molar refractivity (Wildman–Crippen MR) is 74.0 cm³/mol. The molecule has 1 N–H and O–H groups in total. The summed E-state index contributed by atoms with van der Waals surface area (Å²) in [5, 5.41) is 9.62. The van der Waals surface area contributed by atoms with E-state index in [2.05, 4.69) is 23.8 Å². The molecule has 0 aliphatic rings. The van der Waals surface area contributed by atoms with Crippen LogP contribution in [0.15, 0.2) is 12.3 Å². The number of carboxylic acid groups (broad SMARTS) is 1. The number of aliphatic carboxylic acids is 1. The molecule has 0 saturated heterocycles. The van der Waals surface area contributed by atoms with Crippen molar-refractivity contribution in [2.45, 2.75) is 26.7 Å². The highest BCUT2D eigenvalue weighted by Crippen LogP contribution is 2.24. The monoisotopic (exact) mass is 259 g/mol. The molecule has 0 spiro atoms. The minimum Gasteiger partial charge on any atom is -0.478 e. The summed E-state index contributed by atoms with van der Waals surface area (Å²) in [4.78, 5) is 19.7. The Morgan fingerprint density at radius 2 is 2.11 bits per heavy atom. The molecule has 5 heteroatoms. The Balaban J connectivity index is 2.67. The molecule has 0 aliphatic carbocycles. The first-order chi connectivity index (χ1) is 8.90. The van der Waals surface area contributed by atoms with Crippen molar-refractivity contribution in [2.24, 2.45) is 7.05 Å². The Hall–Kier alpha value is -2.17. The number of carboxylic acids is 1. The van der Waals surface area contributed by atoms with Crippen LogP contribution >= 0.6 is 0 Å². The van der Waals surface area contributed by atoms with Gasteiger partial charge in [-0.25, -0.2) is 14.8 Å². The Morgan fingerprint density at radius 3 is 2.68 bits per heavy atom. The fourth-order valence-electron chi connectivity index (χ4n) is 2.05. The average molecular weight is 259 g/mol. The normalized spacial score (nSPS) is 11.8. The molecule has 0 unspecified atom stereocenters.